The third-order valence-corrected chi connectivity index (χ3v) is 3.84. The third kappa shape index (κ3) is 1.35. The lowest BCUT2D eigenvalue weighted by molar-refractivity contribution is -0.181. The van der Waals surface area contributed by atoms with Gasteiger partial charge in [0.25, 0.3) is 0 Å². The van der Waals surface area contributed by atoms with Gasteiger partial charge in [0, 0.05) is 18.9 Å². The summed E-state index contributed by atoms with van der Waals surface area (Å²) in [7, 11) is 4.05. The van der Waals surface area contributed by atoms with Gasteiger partial charge in [0.05, 0.1) is 20.3 Å². The molecule has 3 atom stereocenters. The standard InChI is InChI=1S/C12H16O5/c1-15-9-7-4-5-8(6-7)12(9,10(13)16-2)11(14)17-3/h4-5,7-9H,6H2,1-3H3/t7-,8+,9?/m1/s1. The Hall–Kier alpha value is -1.36. The van der Waals surface area contributed by atoms with E-state index in [9.17, 15) is 9.59 Å². The molecule has 2 rings (SSSR count). The topological polar surface area (TPSA) is 61.8 Å². The predicted molar refractivity (Wildman–Crippen MR) is 58.0 cm³/mol. The molecule has 0 N–H and O–H groups in total. The van der Waals surface area contributed by atoms with Gasteiger partial charge in [-0.15, -0.1) is 0 Å². The van der Waals surface area contributed by atoms with Gasteiger partial charge in [0.1, 0.15) is 0 Å². The molecule has 0 saturated heterocycles. The summed E-state index contributed by atoms with van der Waals surface area (Å²) in [5.41, 5.74) is -1.34. The van der Waals surface area contributed by atoms with E-state index in [0.717, 1.165) is 6.42 Å². The lowest BCUT2D eigenvalue weighted by atomic mass is 9.73. The number of ether oxygens (including phenoxy) is 3. The monoisotopic (exact) mass is 240 g/mol. The Kier molecular flexibility index (Phi) is 2.95. The zero-order chi connectivity index (χ0) is 12.6. The first-order valence-electron chi connectivity index (χ1n) is 5.50. The van der Waals surface area contributed by atoms with Gasteiger partial charge in [-0.25, -0.2) is 0 Å². The van der Waals surface area contributed by atoms with E-state index in [-0.39, 0.29) is 11.8 Å². The molecule has 17 heavy (non-hydrogen) atoms. The maximum absolute atomic E-state index is 12.1. The Bertz CT molecular complexity index is 357. The van der Waals surface area contributed by atoms with Gasteiger partial charge in [-0.3, -0.25) is 9.59 Å². The molecule has 0 heterocycles. The number of fused-ring (bicyclic) bond motifs is 2. The fourth-order valence-electron chi connectivity index (χ4n) is 3.15. The molecule has 2 bridgehead atoms. The molecule has 0 aromatic heterocycles. The van der Waals surface area contributed by atoms with Crippen LogP contribution in [0.5, 0.6) is 0 Å². The molecule has 1 unspecified atom stereocenters. The number of hydrogen-bond acceptors (Lipinski definition) is 5. The van der Waals surface area contributed by atoms with Gasteiger partial charge in [0.15, 0.2) is 5.41 Å². The maximum Gasteiger partial charge on any atom is 0.326 e. The Morgan fingerprint density at radius 1 is 1.12 bits per heavy atom. The first kappa shape index (κ1) is 12.1. The van der Waals surface area contributed by atoms with Crippen LogP contribution in [-0.2, 0) is 23.8 Å². The summed E-state index contributed by atoms with van der Waals surface area (Å²) in [4.78, 5) is 24.1. The molecule has 94 valence electrons. The van der Waals surface area contributed by atoms with Gasteiger partial charge in [-0.2, -0.15) is 0 Å². The summed E-state index contributed by atoms with van der Waals surface area (Å²) < 4.78 is 14.9. The van der Waals surface area contributed by atoms with Crippen LogP contribution in [0.2, 0.25) is 0 Å². The summed E-state index contributed by atoms with van der Waals surface area (Å²) in [6.07, 6.45) is 4.09. The van der Waals surface area contributed by atoms with Crippen LogP contribution in [0.4, 0.5) is 0 Å². The summed E-state index contributed by atoms with van der Waals surface area (Å²) in [6.45, 7) is 0. The molecule has 0 spiro atoms. The molecule has 2 aliphatic carbocycles. The fourth-order valence-corrected chi connectivity index (χ4v) is 3.15. The number of hydrogen-bond donors (Lipinski definition) is 0. The molecule has 0 aromatic carbocycles. The fraction of sp³-hybridized carbons (Fsp3) is 0.667. The van der Waals surface area contributed by atoms with E-state index in [1.54, 1.807) is 0 Å². The summed E-state index contributed by atoms with van der Waals surface area (Å²) in [6, 6.07) is 0. The molecule has 0 amide bonds. The number of rotatable bonds is 3. The average molecular weight is 240 g/mol. The summed E-state index contributed by atoms with van der Waals surface area (Å²) in [5.74, 6) is -1.28. The minimum absolute atomic E-state index is 0.0724. The van der Waals surface area contributed by atoms with Crippen LogP contribution in [-0.4, -0.2) is 39.4 Å². The van der Waals surface area contributed by atoms with Crippen molar-refractivity contribution in [2.45, 2.75) is 12.5 Å². The normalized spacial score (nSPS) is 32.5. The van der Waals surface area contributed by atoms with E-state index in [4.69, 9.17) is 14.2 Å². The highest BCUT2D eigenvalue weighted by Gasteiger charge is 2.67. The Labute approximate surface area is 99.7 Å². The molecule has 0 aromatic rings. The van der Waals surface area contributed by atoms with E-state index in [1.807, 2.05) is 12.2 Å². The number of esters is 2. The third-order valence-electron chi connectivity index (χ3n) is 3.84. The number of carbonyl (C=O) groups is 2. The first-order valence-corrected chi connectivity index (χ1v) is 5.50. The van der Waals surface area contributed by atoms with E-state index in [1.165, 1.54) is 21.3 Å². The molecule has 1 fully saturated rings. The van der Waals surface area contributed by atoms with Gasteiger partial charge in [0.2, 0.25) is 0 Å². The van der Waals surface area contributed by atoms with Crippen molar-refractivity contribution in [3.05, 3.63) is 12.2 Å². The van der Waals surface area contributed by atoms with Gasteiger partial charge in [-0.05, 0) is 6.42 Å². The van der Waals surface area contributed by atoms with E-state index >= 15 is 0 Å². The van der Waals surface area contributed by atoms with Crippen LogP contribution < -0.4 is 0 Å². The second-order valence-corrected chi connectivity index (χ2v) is 4.40. The Morgan fingerprint density at radius 2 is 1.71 bits per heavy atom. The quantitative estimate of drug-likeness (QED) is 0.409. The summed E-state index contributed by atoms with van der Waals surface area (Å²) >= 11 is 0. The SMILES string of the molecule is COC(=O)C1(C(=O)OC)C(OC)[C@@H]2C=C[C@H]1C2. The minimum Gasteiger partial charge on any atom is -0.468 e. The minimum atomic E-state index is -1.34. The highest BCUT2D eigenvalue weighted by atomic mass is 16.6. The van der Waals surface area contributed by atoms with Crippen molar-refractivity contribution in [1.29, 1.82) is 0 Å². The van der Waals surface area contributed by atoms with Crippen molar-refractivity contribution in [3.63, 3.8) is 0 Å². The number of allylic oxidation sites excluding steroid dienone is 1. The van der Waals surface area contributed by atoms with Crippen molar-refractivity contribution in [2.75, 3.05) is 21.3 Å². The smallest absolute Gasteiger partial charge is 0.326 e. The number of carbonyl (C=O) groups excluding carboxylic acids is 2. The second-order valence-electron chi connectivity index (χ2n) is 4.40. The lowest BCUT2D eigenvalue weighted by Gasteiger charge is -2.35. The maximum atomic E-state index is 12.1. The Balaban J connectivity index is 2.49. The lowest BCUT2D eigenvalue weighted by Crippen LogP contribution is -2.53. The Morgan fingerprint density at radius 3 is 2.18 bits per heavy atom. The molecular formula is C12H16O5. The van der Waals surface area contributed by atoms with Crippen LogP contribution in [0.1, 0.15) is 6.42 Å². The highest BCUT2D eigenvalue weighted by Crippen LogP contribution is 2.54. The van der Waals surface area contributed by atoms with Crippen LogP contribution >= 0.6 is 0 Å². The van der Waals surface area contributed by atoms with Crippen LogP contribution in [0.15, 0.2) is 12.2 Å². The van der Waals surface area contributed by atoms with E-state index in [0.29, 0.717) is 0 Å². The van der Waals surface area contributed by atoms with Crippen LogP contribution in [0.3, 0.4) is 0 Å². The predicted octanol–water partition coefficient (Wildman–Crippen LogP) is 0.540. The summed E-state index contributed by atoms with van der Waals surface area (Å²) in [5, 5.41) is 0. The molecule has 5 heteroatoms. The molecule has 2 aliphatic rings. The van der Waals surface area contributed by atoms with Crippen molar-refractivity contribution in [2.24, 2.45) is 17.3 Å². The van der Waals surface area contributed by atoms with Crippen molar-refractivity contribution >= 4 is 11.9 Å². The zero-order valence-electron chi connectivity index (χ0n) is 10.1. The molecular weight excluding hydrogens is 224 g/mol. The van der Waals surface area contributed by atoms with Crippen LogP contribution in [0, 0.1) is 17.3 Å². The van der Waals surface area contributed by atoms with Crippen LogP contribution in [0.25, 0.3) is 0 Å². The zero-order valence-corrected chi connectivity index (χ0v) is 10.1. The molecule has 5 nitrogen and oxygen atoms in total. The van der Waals surface area contributed by atoms with Crippen molar-refractivity contribution < 1.29 is 23.8 Å². The first-order chi connectivity index (χ1) is 8.12. The van der Waals surface area contributed by atoms with E-state index < -0.39 is 23.5 Å². The van der Waals surface area contributed by atoms with Gasteiger partial charge >= 0.3 is 11.9 Å². The second kappa shape index (κ2) is 4.14. The molecule has 0 aliphatic heterocycles. The highest BCUT2D eigenvalue weighted by molar-refractivity contribution is 6.02. The van der Waals surface area contributed by atoms with Crippen molar-refractivity contribution in [3.8, 4) is 0 Å². The average Bonchev–Trinajstić information content (AvgIpc) is 2.95. The van der Waals surface area contributed by atoms with E-state index in [2.05, 4.69) is 0 Å². The molecule has 1 saturated carbocycles. The van der Waals surface area contributed by atoms with Crippen molar-refractivity contribution in [1.82, 2.24) is 0 Å². The largest absolute Gasteiger partial charge is 0.468 e. The number of methoxy groups -OCH3 is 3. The van der Waals surface area contributed by atoms with Gasteiger partial charge < -0.3 is 14.2 Å². The van der Waals surface area contributed by atoms with Gasteiger partial charge in [-0.1, -0.05) is 12.2 Å². The molecule has 0 radical (unpaired) electrons.